The van der Waals surface area contributed by atoms with Crippen molar-refractivity contribution in [1.29, 1.82) is 0 Å². The van der Waals surface area contributed by atoms with E-state index in [0.29, 0.717) is 18.0 Å². The van der Waals surface area contributed by atoms with Crippen molar-refractivity contribution in [2.24, 2.45) is 5.41 Å². The van der Waals surface area contributed by atoms with Gasteiger partial charge in [-0.05, 0) is 42.2 Å². The molecule has 4 nitrogen and oxygen atoms in total. The first kappa shape index (κ1) is 18.1. The lowest BCUT2D eigenvalue weighted by Crippen LogP contribution is -2.47. The number of hydrogen-bond donors (Lipinski definition) is 2. The molecule has 2 aromatic carbocycles. The molecule has 4 rings (SSSR count). The van der Waals surface area contributed by atoms with Gasteiger partial charge in [-0.3, -0.25) is 9.59 Å². The van der Waals surface area contributed by atoms with Crippen LogP contribution in [0.4, 0.5) is 5.69 Å². The van der Waals surface area contributed by atoms with Crippen LogP contribution in [-0.4, -0.2) is 11.8 Å². The first-order chi connectivity index (χ1) is 13.0. The largest absolute Gasteiger partial charge is 0.351 e. The molecule has 140 valence electrons. The summed E-state index contributed by atoms with van der Waals surface area (Å²) in [7, 11) is 0. The molecule has 1 aliphatic carbocycles. The predicted molar refractivity (Wildman–Crippen MR) is 107 cm³/mol. The Balaban J connectivity index is 1.66. The lowest BCUT2D eigenvalue weighted by Gasteiger charge is -2.32. The molecule has 27 heavy (non-hydrogen) atoms. The van der Waals surface area contributed by atoms with E-state index in [-0.39, 0.29) is 11.8 Å². The maximum absolute atomic E-state index is 13.2. The number of benzene rings is 2. The third-order valence-corrected chi connectivity index (χ3v) is 6.27. The third-order valence-electron chi connectivity index (χ3n) is 6.03. The Labute approximate surface area is 164 Å². The van der Waals surface area contributed by atoms with Gasteiger partial charge < -0.3 is 10.6 Å². The lowest BCUT2D eigenvalue weighted by atomic mass is 9.77. The summed E-state index contributed by atoms with van der Waals surface area (Å²) in [5.74, 6) is -0.385. The summed E-state index contributed by atoms with van der Waals surface area (Å²) < 4.78 is 0. The van der Waals surface area contributed by atoms with Crippen molar-refractivity contribution < 1.29 is 9.59 Å². The number of carbonyl (C=O) groups excluding carboxylic acids is 2. The van der Waals surface area contributed by atoms with Gasteiger partial charge >= 0.3 is 0 Å². The Morgan fingerprint density at radius 2 is 2.00 bits per heavy atom. The van der Waals surface area contributed by atoms with Gasteiger partial charge in [0.1, 0.15) is 5.41 Å². The fourth-order valence-electron chi connectivity index (χ4n) is 4.53. The average molecular weight is 383 g/mol. The zero-order chi connectivity index (χ0) is 19.1. The van der Waals surface area contributed by atoms with Gasteiger partial charge in [0.05, 0.1) is 0 Å². The second-order valence-corrected chi connectivity index (χ2v) is 8.02. The van der Waals surface area contributed by atoms with E-state index in [2.05, 4.69) is 17.6 Å². The highest BCUT2D eigenvalue weighted by molar-refractivity contribution is 6.31. The summed E-state index contributed by atoms with van der Waals surface area (Å²) in [5, 5.41) is 6.57. The van der Waals surface area contributed by atoms with Crippen molar-refractivity contribution >= 4 is 29.1 Å². The summed E-state index contributed by atoms with van der Waals surface area (Å²) >= 11 is 6.25. The van der Waals surface area contributed by atoms with Gasteiger partial charge in [-0.1, -0.05) is 61.7 Å². The molecule has 5 heteroatoms. The van der Waals surface area contributed by atoms with Gasteiger partial charge in [0.25, 0.3) is 0 Å². The van der Waals surface area contributed by atoms with Gasteiger partial charge in [0, 0.05) is 22.7 Å². The fourth-order valence-corrected chi connectivity index (χ4v) is 4.70. The van der Waals surface area contributed by atoms with Crippen LogP contribution in [0.25, 0.3) is 0 Å². The quantitative estimate of drug-likeness (QED) is 0.726. The van der Waals surface area contributed by atoms with Gasteiger partial charge in [-0.2, -0.15) is 0 Å². The van der Waals surface area contributed by atoms with Crippen LogP contribution in [-0.2, 0) is 21.5 Å². The Morgan fingerprint density at radius 3 is 2.74 bits per heavy atom. The number of hydrogen-bond acceptors (Lipinski definition) is 2. The van der Waals surface area contributed by atoms with Crippen molar-refractivity contribution in [2.45, 2.75) is 44.6 Å². The zero-order valence-electron chi connectivity index (χ0n) is 15.3. The van der Waals surface area contributed by atoms with Crippen LogP contribution in [0, 0.1) is 5.41 Å². The summed E-state index contributed by atoms with van der Waals surface area (Å²) in [5.41, 5.74) is 1.31. The standard InChI is InChI=1S/C22H23ClN2O2/c1-2-3-11-21-14-22(21,19(26)24-13-15-7-5-4-6-8-15)20(27)25-18-10-9-16(23)12-17(18)21/h4-10,12H,2-3,11,13-14H2,1H3,(H,24,26)(H,25,27). The molecule has 2 unspecified atom stereocenters. The van der Waals surface area contributed by atoms with Crippen LogP contribution in [0.1, 0.15) is 43.7 Å². The summed E-state index contributed by atoms with van der Waals surface area (Å²) in [6.45, 7) is 2.54. The minimum absolute atomic E-state index is 0.189. The van der Waals surface area contributed by atoms with Crippen LogP contribution >= 0.6 is 11.6 Å². The molecule has 0 radical (unpaired) electrons. The van der Waals surface area contributed by atoms with Gasteiger partial charge in [0.15, 0.2) is 0 Å². The molecule has 2 N–H and O–H groups in total. The molecule has 1 heterocycles. The summed E-state index contributed by atoms with van der Waals surface area (Å²) in [6, 6.07) is 15.3. The van der Waals surface area contributed by atoms with E-state index < -0.39 is 10.8 Å². The van der Waals surface area contributed by atoms with Crippen molar-refractivity contribution in [2.75, 3.05) is 5.32 Å². The van der Waals surface area contributed by atoms with Gasteiger partial charge in [-0.15, -0.1) is 0 Å². The number of nitrogens with one attached hydrogen (secondary N) is 2. The number of halogens is 1. The zero-order valence-corrected chi connectivity index (χ0v) is 16.1. The Bertz CT molecular complexity index is 898. The van der Waals surface area contributed by atoms with Crippen molar-refractivity contribution in [3.63, 3.8) is 0 Å². The van der Waals surface area contributed by atoms with Gasteiger partial charge in [-0.25, -0.2) is 0 Å². The van der Waals surface area contributed by atoms with E-state index in [1.165, 1.54) is 0 Å². The number of carbonyl (C=O) groups is 2. The average Bonchev–Trinajstić information content (AvgIpc) is 3.39. The summed E-state index contributed by atoms with van der Waals surface area (Å²) in [4.78, 5) is 26.2. The Hall–Kier alpha value is -2.33. The molecular formula is C22H23ClN2O2. The molecule has 2 aliphatic rings. The number of fused-ring (bicyclic) bond motifs is 3. The number of anilines is 1. The number of rotatable bonds is 6. The topological polar surface area (TPSA) is 58.2 Å². The van der Waals surface area contributed by atoms with E-state index in [1.807, 2.05) is 42.5 Å². The third kappa shape index (κ3) is 2.74. The molecule has 0 spiro atoms. The molecule has 2 atom stereocenters. The second kappa shape index (κ2) is 6.68. The van der Waals surface area contributed by atoms with E-state index in [4.69, 9.17) is 11.6 Å². The Morgan fingerprint density at radius 1 is 1.22 bits per heavy atom. The molecule has 1 aliphatic heterocycles. The highest BCUT2D eigenvalue weighted by atomic mass is 35.5. The molecule has 2 amide bonds. The van der Waals surface area contributed by atoms with Crippen LogP contribution in [0.3, 0.4) is 0 Å². The van der Waals surface area contributed by atoms with Crippen molar-refractivity contribution in [1.82, 2.24) is 5.32 Å². The lowest BCUT2D eigenvalue weighted by molar-refractivity contribution is -0.136. The maximum atomic E-state index is 13.2. The highest BCUT2D eigenvalue weighted by Gasteiger charge is 2.78. The molecule has 2 aromatic rings. The smallest absolute Gasteiger partial charge is 0.241 e. The number of unbranched alkanes of at least 4 members (excludes halogenated alkanes) is 1. The summed E-state index contributed by atoms with van der Waals surface area (Å²) in [6.07, 6.45) is 3.33. The molecule has 0 bridgehead atoms. The van der Waals surface area contributed by atoms with Crippen LogP contribution in [0.2, 0.25) is 5.02 Å². The molecule has 1 saturated carbocycles. The molecule has 0 saturated heterocycles. The predicted octanol–water partition coefficient (Wildman–Crippen LogP) is 4.43. The molecule has 0 aromatic heterocycles. The fraction of sp³-hybridized carbons (Fsp3) is 0.364. The van der Waals surface area contributed by atoms with E-state index in [9.17, 15) is 9.59 Å². The van der Waals surface area contributed by atoms with E-state index >= 15 is 0 Å². The number of amides is 2. The first-order valence-corrected chi connectivity index (χ1v) is 9.85. The molecular weight excluding hydrogens is 360 g/mol. The van der Waals surface area contributed by atoms with Crippen molar-refractivity contribution in [3.8, 4) is 0 Å². The SMILES string of the molecule is CCCCC12CC1(C(=O)NCc1ccccc1)C(=O)Nc1ccc(Cl)cc12. The van der Waals surface area contributed by atoms with Crippen molar-refractivity contribution in [3.05, 3.63) is 64.7 Å². The van der Waals surface area contributed by atoms with Crippen LogP contribution in [0.5, 0.6) is 0 Å². The minimum atomic E-state index is -1.03. The first-order valence-electron chi connectivity index (χ1n) is 9.47. The minimum Gasteiger partial charge on any atom is -0.351 e. The molecule has 1 fully saturated rings. The second-order valence-electron chi connectivity index (χ2n) is 7.58. The van der Waals surface area contributed by atoms with Gasteiger partial charge in [0.2, 0.25) is 11.8 Å². The van der Waals surface area contributed by atoms with Crippen LogP contribution in [0.15, 0.2) is 48.5 Å². The monoisotopic (exact) mass is 382 g/mol. The van der Waals surface area contributed by atoms with E-state index in [1.54, 1.807) is 6.07 Å². The maximum Gasteiger partial charge on any atom is 0.241 e. The van der Waals surface area contributed by atoms with Crippen LogP contribution < -0.4 is 10.6 Å². The highest BCUT2D eigenvalue weighted by Crippen LogP contribution is 2.71. The normalized spacial score (nSPS) is 25.2. The van der Waals surface area contributed by atoms with E-state index in [0.717, 1.165) is 36.1 Å². The Kier molecular flexibility index (Phi) is 4.47.